The molecule has 0 aliphatic rings. The molecule has 1 aromatic carbocycles. The van der Waals surface area contributed by atoms with Crippen molar-refractivity contribution in [3.05, 3.63) is 30.0 Å². The normalized spacial score (nSPS) is 9.73. The highest BCUT2D eigenvalue weighted by molar-refractivity contribution is 5.77. The van der Waals surface area contributed by atoms with Gasteiger partial charge >= 0.3 is 0 Å². The summed E-state index contributed by atoms with van der Waals surface area (Å²) in [6.07, 6.45) is 6.86. The molecule has 0 saturated heterocycles. The lowest BCUT2D eigenvalue weighted by Crippen LogP contribution is -1.70. The van der Waals surface area contributed by atoms with Crippen molar-refractivity contribution in [1.82, 2.24) is 5.16 Å². The van der Waals surface area contributed by atoms with Gasteiger partial charge in [-0.25, -0.2) is 0 Å². The van der Waals surface area contributed by atoms with Crippen LogP contribution in [0.4, 0.5) is 0 Å². The summed E-state index contributed by atoms with van der Waals surface area (Å²) in [5.41, 5.74) is 1.55. The first kappa shape index (κ1) is 5.99. The standard InChI is InChI=1S/C9H5NO/c1-2-7-3-4-8-6-10-11-9(8)5-7/h1,3-6H. The molecule has 11 heavy (non-hydrogen) atoms. The fraction of sp³-hybridized carbons (Fsp3) is 0. The van der Waals surface area contributed by atoms with Gasteiger partial charge in [0.15, 0.2) is 5.58 Å². The molecule has 2 nitrogen and oxygen atoms in total. The maximum absolute atomic E-state index is 5.20. The second-order valence-electron chi connectivity index (χ2n) is 2.22. The van der Waals surface area contributed by atoms with Crippen molar-refractivity contribution in [3.8, 4) is 12.3 Å². The van der Waals surface area contributed by atoms with E-state index in [9.17, 15) is 0 Å². The molecular weight excluding hydrogens is 138 g/mol. The Morgan fingerprint density at radius 3 is 3.18 bits per heavy atom. The number of hydrogen-bond donors (Lipinski definition) is 0. The second kappa shape index (κ2) is 2.14. The van der Waals surface area contributed by atoms with E-state index in [1.165, 1.54) is 0 Å². The Balaban J connectivity index is 2.79. The number of rotatable bonds is 0. The SMILES string of the molecule is C#Cc1ccc2cnoc2c1. The smallest absolute Gasteiger partial charge is 0.168 e. The molecule has 0 N–H and O–H groups in total. The van der Waals surface area contributed by atoms with E-state index in [-0.39, 0.29) is 0 Å². The largest absolute Gasteiger partial charge is 0.356 e. The minimum Gasteiger partial charge on any atom is -0.356 e. The third-order valence-corrected chi connectivity index (χ3v) is 1.52. The van der Waals surface area contributed by atoms with Crippen molar-refractivity contribution in [3.63, 3.8) is 0 Å². The molecule has 2 heteroatoms. The first-order chi connectivity index (χ1) is 5.40. The number of aromatic nitrogens is 1. The van der Waals surface area contributed by atoms with Gasteiger partial charge < -0.3 is 4.52 Å². The van der Waals surface area contributed by atoms with Gasteiger partial charge in [0.05, 0.1) is 6.20 Å². The summed E-state index contributed by atoms with van der Waals surface area (Å²) < 4.78 is 4.91. The molecule has 52 valence electrons. The van der Waals surface area contributed by atoms with Crippen LogP contribution in [-0.4, -0.2) is 5.16 Å². The van der Waals surface area contributed by atoms with Gasteiger partial charge in [0.2, 0.25) is 0 Å². The number of fused-ring (bicyclic) bond motifs is 1. The van der Waals surface area contributed by atoms with E-state index < -0.39 is 0 Å². The molecule has 0 bridgehead atoms. The Morgan fingerprint density at radius 1 is 1.45 bits per heavy atom. The van der Waals surface area contributed by atoms with Crippen LogP contribution >= 0.6 is 0 Å². The molecule has 0 saturated carbocycles. The molecule has 0 unspecified atom stereocenters. The van der Waals surface area contributed by atoms with E-state index in [1.807, 2.05) is 12.1 Å². The monoisotopic (exact) mass is 143 g/mol. The van der Waals surface area contributed by atoms with Crippen LogP contribution in [0.2, 0.25) is 0 Å². The Morgan fingerprint density at radius 2 is 2.36 bits per heavy atom. The number of terminal acetylenes is 1. The molecular formula is C9H5NO. The summed E-state index contributed by atoms with van der Waals surface area (Å²) in [5.74, 6) is 2.52. The van der Waals surface area contributed by atoms with E-state index in [2.05, 4.69) is 11.1 Å². The zero-order valence-electron chi connectivity index (χ0n) is 5.74. The van der Waals surface area contributed by atoms with Crippen LogP contribution in [-0.2, 0) is 0 Å². The fourth-order valence-electron chi connectivity index (χ4n) is 0.950. The van der Waals surface area contributed by atoms with E-state index in [0.29, 0.717) is 0 Å². The van der Waals surface area contributed by atoms with Gasteiger partial charge in [-0.15, -0.1) is 6.42 Å². The van der Waals surface area contributed by atoms with Crippen LogP contribution in [0.3, 0.4) is 0 Å². The second-order valence-corrected chi connectivity index (χ2v) is 2.22. The summed E-state index contributed by atoms with van der Waals surface area (Å²) in [6.45, 7) is 0. The quantitative estimate of drug-likeness (QED) is 0.525. The van der Waals surface area contributed by atoms with Crippen molar-refractivity contribution < 1.29 is 4.52 Å². The predicted molar refractivity (Wildman–Crippen MR) is 41.9 cm³/mol. The van der Waals surface area contributed by atoms with Gasteiger partial charge in [0, 0.05) is 10.9 Å². The summed E-state index contributed by atoms with van der Waals surface area (Å²) in [7, 11) is 0. The average Bonchev–Trinajstić information content (AvgIpc) is 2.50. The van der Waals surface area contributed by atoms with Crippen molar-refractivity contribution in [2.45, 2.75) is 0 Å². The number of nitrogens with zero attached hydrogens (tertiary/aromatic N) is 1. The van der Waals surface area contributed by atoms with Crippen LogP contribution in [0, 0.1) is 12.3 Å². The highest BCUT2D eigenvalue weighted by Crippen LogP contribution is 2.13. The minimum atomic E-state index is 0.737. The van der Waals surface area contributed by atoms with Crippen molar-refractivity contribution in [2.24, 2.45) is 0 Å². The average molecular weight is 143 g/mol. The Bertz CT molecular complexity index is 422. The summed E-state index contributed by atoms with van der Waals surface area (Å²) >= 11 is 0. The zero-order valence-corrected chi connectivity index (χ0v) is 5.74. The van der Waals surface area contributed by atoms with Gasteiger partial charge in [0.1, 0.15) is 0 Å². The molecule has 2 aromatic rings. The zero-order chi connectivity index (χ0) is 7.68. The van der Waals surface area contributed by atoms with Crippen LogP contribution in [0.15, 0.2) is 28.9 Å². The molecule has 1 aromatic heterocycles. The van der Waals surface area contributed by atoms with Gasteiger partial charge in [-0.3, -0.25) is 0 Å². The molecule has 0 fully saturated rings. The fourth-order valence-corrected chi connectivity index (χ4v) is 0.950. The number of benzene rings is 1. The molecule has 2 rings (SSSR count). The lowest BCUT2D eigenvalue weighted by atomic mass is 10.2. The van der Waals surface area contributed by atoms with Gasteiger partial charge in [-0.1, -0.05) is 11.1 Å². The maximum atomic E-state index is 5.20. The first-order valence-corrected chi connectivity index (χ1v) is 3.21. The van der Waals surface area contributed by atoms with Gasteiger partial charge in [-0.05, 0) is 18.2 Å². The predicted octanol–water partition coefficient (Wildman–Crippen LogP) is 1.81. The lowest BCUT2D eigenvalue weighted by molar-refractivity contribution is 0.456. The van der Waals surface area contributed by atoms with Crippen LogP contribution in [0.1, 0.15) is 5.56 Å². The molecule has 0 atom stereocenters. The molecule has 0 spiro atoms. The van der Waals surface area contributed by atoms with E-state index in [1.54, 1.807) is 12.3 Å². The van der Waals surface area contributed by atoms with Crippen molar-refractivity contribution in [1.29, 1.82) is 0 Å². The number of hydrogen-bond acceptors (Lipinski definition) is 2. The Labute approximate surface area is 63.8 Å². The van der Waals surface area contributed by atoms with E-state index in [0.717, 1.165) is 16.5 Å². The maximum Gasteiger partial charge on any atom is 0.168 e. The minimum absolute atomic E-state index is 0.737. The molecule has 1 heterocycles. The van der Waals surface area contributed by atoms with Crippen molar-refractivity contribution >= 4 is 11.0 Å². The molecule has 0 amide bonds. The highest BCUT2D eigenvalue weighted by atomic mass is 16.5. The molecule has 0 aliphatic heterocycles. The highest BCUT2D eigenvalue weighted by Gasteiger charge is 1.96. The van der Waals surface area contributed by atoms with Gasteiger partial charge in [0.25, 0.3) is 0 Å². The summed E-state index contributed by atoms with van der Waals surface area (Å²) in [4.78, 5) is 0. The summed E-state index contributed by atoms with van der Waals surface area (Å²) in [5, 5.41) is 4.61. The molecule has 0 radical (unpaired) electrons. The molecule has 0 aliphatic carbocycles. The van der Waals surface area contributed by atoms with Crippen molar-refractivity contribution in [2.75, 3.05) is 0 Å². The Hall–Kier alpha value is -1.75. The summed E-state index contributed by atoms with van der Waals surface area (Å²) in [6, 6.07) is 5.54. The topological polar surface area (TPSA) is 26.0 Å². The van der Waals surface area contributed by atoms with E-state index >= 15 is 0 Å². The van der Waals surface area contributed by atoms with Crippen LogP contribution in [0.5, 0.6) is 0 Å². The van der Waals surface area contributed by atoms with Crippen LogP contribution in [0.25, 0.3) is 11.0 Å². The van der Waals surface area contributed by atoms with E-state index in [4.69, 9.17) is 10.9 Å². The van der Waals surface area contributed by atoms with Crippen LogP contribution < -0.4 is 0 Å². The first-order valence-electron chi connectivity index (χ1n) is 3.21. The third kappa shape index (κ3) is 0.870. The Kier molecular flexibility index (Phi) is 1.16. The van der Waals surface area contributed by atoms with Gasteiger partial charge in [-0.2, -0.15) is 0 Å². The third-order valence-electron chi connectivity index (χ3n) is 1.52. The lowest BCUT2D eigenvalue weighted by Gasteiger charge is -1.87.